The molecule has 1 fully saturated rings. The van der Waals surface area contributed by atoms with E-state index in [1.165, 1.54) is 12.7 Å². The van der Waals surface area contributed by atoms with Crippen LogP contribution < -0.4 is 14.8 Å². The number of amides is 1. The van der Waals surface area contributed by atoms with E-state index in [9.17, 15) is 9.90 Å². The topological polar surface area (TPSA) is 148 Å². The Kier molecular flexibility index (Phi) is 11.2. The van der Waals surface area contributed by atoms with Crippen LogP contribution in [0.2, 0.25) is 0 Å². The number of aliphatic hydroxyl groups excluding tert-OH is 1. The standard InChI is InChI=1S/C41H41N5O8/c1-49-22-23-52-36-33(54-40(35(36)47)46-26-44-34-37(42-25-43-38(34)46)45-39(48)27-10-6-4-7-11-27)24-53-41(28-12-8-5-9-13-28,29-14-18-31(50-2)19-15-29)30-16-20-32(51-3)21-17-30/h4-21,25-26,33,35-36,40,47H,22-24H2,1-3H3,(H,42,43,45,48)/t33-,35?,36+,40-/m1/s1. The zero-order valence-electron chi connectivity index (χ0n) is 30.1. The Morgan fingerprint density at radius 3 is 2.02 bits per heavy atom. The fourth-order valence-corrected chi connectivity index (χ4v) is 6.74. The average molecular weight is 732 g/mol. The molecule has 2 aromatic heterocycles. The van der Waals surface area contributed by atoms with Gasteiger partial charge in [-0.1, -0.05) is 72.8 Å². The van der Waals surface area contributed by atoms with E-state index >= 15 is 0 Å². The van der Waals surface area contributed by atoms with Gasteiger partial charge in [-0.15, -0.1) is 0 Å². The molecule has 1 amide bonds. The third-order valence-corrected chi connectivity index (χ3v) is 9.45. The molecule has 54 heavy (non-hydrogen) atoms. The number of anilines is 1. The van der Waals surface area contributed by atoms with Crippen LogP contribution in [-0.2, 0) is 24.5 Å². The second-order valence-corrected chi connectivity index (χ2v) is 12.6. The zero-order chi connectivity index (χ0) is 37.5. The summed E-state index contributed by atoms with van der Waals surface area (Å²) in [5.74, 6) is 1.28. The summed E-state index contributed by atoms with van der Waals surface area (Å²) in [7, 11) is 4.83. The fraction of sp³-hybridized carbons (Fsp3) is 0.268. The normalized spacial score (nSPS) is 18.4. The predicted octanol–water partition coefficient (Wildman–Crippen LogP) is 5.39. The molecule has 1 aliphatic rings. The Morgan fingerprint density at radius 1 is 0.796 bits per heavy atom. The van der Waals surface area contributed by atoms with E-state index in [1.807, 2.05) is 84.9 Å². The minimum Gasteiger partial charge on any atom is -0.497 e. The van der Waals surface area contributed by atoms with E-state index in [0.29, 0.717) is 34.8 Å². The van der Waals surface area contributed by atoms with Crippen molar-refractivity contribution in [2.75, 3.05) is 46.5 Å². The molecule has 1 saturated heterocycles. The molecular weight excluding hydrogens is 690 g/mol. The van der Waals surface area contributed by atoms with Crippen molar-refractivity contribution in [1.29, 1.82) is 0 Å². The molecule has 0 spiro atoms. The van der Waals surface area contributed by atoms with Gasteiger partial charge in [-0.3, -0.25) is 9.36 Å². The molecule has 4 aromatic carbocycles. The number of aromatic nitrogens is 4. The number of rotatable bonds is 15. The molecule has 6 aromatic rings. The van der Waals surface area contributed by atoms with Gasteiger partial charge in [0.2, 0.25) is 0 Å². The molecule has 13 heteroatoms. The minimum atomic E-state index is -1.17. The van der Waals surface area contributed by atoms with Crippen molar-refractivity contribution < 1.29 is 38.3 Å². The van der Waals surface area contributed by atoms with Crippen LogP contribution in [-0.4, -0.2) is 90.0 Å². The summed E-state index contributed by atoms with van der Waals surface area (Å²) in [4.78, 5) is 26.2. The van der Waals surface area contributed by atoms with Crippen LogP contribution in [0.4, 0.5) is 5.82 Å². The SMILES string of the molecule is COCCO[C@@H]1C(O)[C@H](n2cnc3c(NC(=O)c4ccccc4)ncnc32)O[C@@H]1COC(c1ccccc1)(c1ccc(OC)cc1)c1ccc(OC)cc1. The molecule has 13 nitrogen and oxygen atoms in total. The van der Waals surface area contributed by atoms with Crippen LogP contribution in [0.15, 0.2) is 122 Å². The highest BCUT2D eigenvalue weighted by atomic mass is 16.6. The smallest absolute Gasteiger partial charge is 0.256 e. The number of fused-ring (bicyclic) bond motifs is 1. The number of hydrogen-bond donors (Lipinski definition) is 2. The maximum atomic E-state index is 13.0. The summed E-state index contributed by atoms with van der Waals surface area (Å²) in [5.41, 5.74) is 2.57. The number of aliphatic hydroxyl groups is 1. The number of imidazole rings is 1. The van der Waals surface area contributed by atoms with Crippen LogP contribution in [0, 0.1) is 0 Å². The first-order valence-corrected chi connectivity index (χ1v) is 17.4. The first kappa shape index (κ1) is 36.6. The van der Waals surface area contributed by atoms with Gasteiger partial charge in [0, 0.05) is 12.7 Å². The zero-order valence-corrected chi connectivity index (χ0v) is 30.1. The van der Waals surface area contributed by atoms with Gasteiger partial charge in [0.05, 0.1) is 40.4 Å². The van der Waals surface area contributed by atoms with E-state index in [1.54, 1.807) is 50.2 Å². The summed E-state index contributed by atoms with van der Waals surface area (Å²) in [5, 5.41) is 14.7. The number of carbonyl (C=O) groups is 1. The van der Waals surface area contributed by atoms with Gasteiger partial charge in [-0.2, -0.15) is 0 Å². The summed E-state index contributed by atoms with van der Waals surface area (Å²) >= 11 is 0. The van der Waals surface area contributed by atoms with Crippen molar-refractivity contribution >= 4 is 22.9 Å². The summed E-state index contributed by atoms with van der Waals surface area (Å²) < 4.78 is 37.9. The lowest BCUT2D eigenvalue weighted by molar-refractivity contribution is -0.106. The molecule has 0 bridgehead atoms. The second-order valence-electron chi connectivity index (χ2n) is 12.6. The lowest BCUT2D eigenvalue weighted by Gasteiger charge is -2.37. The average Bonchev–Trinajstić information content (AvgIpc) is 3.80. The van der Waals surface area contributed by atoms with Crippen LogP contribution in [0.5, 0.6) is 11.5 Å². The molecule has 4 atom stereocenters. The number of benzene rings is 4. The first-order valence-electron chi connectivity index (χ1n) is 17.4. The van der Waals surface area contributed by atoms with Gasteiger partial charge in [0.1, 0.15) is 41.7 Å². The van der Waals surface area contributed by atoms with Gasteiger partial charge in [0.25, 0.3) is 5.91 Å². The number of nitrogens with zero attached hydrogens (tertiary/aromatic N) is 4. The maximum absolute atomic E-state index is 13.0. The minimum absolute atomic E-state index is 0.00183. The molecule has 1 aliphatic heterocycles. The Labute approximate surface area is 312 Å². The monoisotopic (exact) mass is 731 g/mol. The highest BCUT2D eigenvalue weighted by molar-refractivity contribution is 6.06. The van der Waals surface area contributed by atoms with Crippen molar-refractivity contribution in [3.8, 4) is 11.5 Å². The molecule has 3 heterocycles. The lowest BCUT2D eigenvalue weighted by Crippen LogP contribution is -2.41. The first-order chi connectivity index (χ1) is 26.5. The van der Waals surface area contributed by atoms with E-state index < -0.39 is 30.1 Å². The molecule has 7 rings (SSSR count). The van der Waals surface area contributed by atoms with Crippen molar-refractivity contribution in [2.24, 2.45) is 0 Å². The van der Waals surface area contributed by atoms with Gasteiger partial charge in [-0.25, -0.2) is 15.0 Å². The molecule has 278 valence electrons. The highest BCUT2D eigenvalue weighted by Gasteiger charge is 2.48. The number of carbonyl (C=O) groups excluding carboxylic acids is 1. The quantitative estimate of drug-likeness (QED) is 0.103. The van der Waals surface area contributed by atoms with Gasteiger partial charge in [0.15, 0.2) is 23.2 Å². The van der Waals surface area contributed by atoms with E-state index in [-0.39, 0.29) is 24.9 Å². The van der Waals surface area contributed by atoms with Crippen molar-refractivity contribution in [1.82, 2.24) is 19.5 Å². The highest BCUT2D eigenvalue weighted by Crippen LogP contribution is 2.43. The largest absolute Gasteiger partial charge is 0.497 e. The summed E-state index contributed by atoms with van der Waals surface area (Å²) in [6.07, 6.45) is -0.910. The fourth-order valence-electron chi connectivity index (χ4n) is 6.74. The van der Waals surface area contributed by atoms with Crippen LogP contribution in [0.3, 0.4) is 0 Å². The Bertz CT molecular complexity index is 2080. The number of methoxy groups -OCH3 is 3. The van der Waals surface area contributed by atoms with Crippen molar-refractivity contribution in [2.45, 2.75) is 30.1 Å². The Hall–Kier alpha value is -5.70. The van der Waals surface area contributed by atoms with Gasteiger partial charge >= 0.3 is 0 Å². The van der Waals surface area contributed by atoms with E-state index in [4.69, 9.17) is 28.4 Å². The summed E-state index contributed by atoms with van der Waals surface area (Å²) in [6.45, 7) is 0.505. The summed E-state index contributed by atoms with van der Waals surface area (Å²) in [6, 6.07) is 34.2. The molecule has 0 aliphatic carbocycles. The molecule has 1 unspecified atom stereocenters. The lowest BCUT2D eigenvalue weighted by atomic mass is 9.80. The van der Waals surface area contributed by atoms with Gasteiger partial charge in [-0.05, 0) is 53.1 Å². The number of ether oxygens (including phenoxy) is 6. The molecular formula is C41H41N5O8. The number of nitrogens with one attached hydrogen (secondary N) is 1. The van der Waals surface area contributed by atoms with Crippen molar-refractivity contribution in [3.05, 3.63) is 144 Å². The number of hydrogen-bond acceptors (Lipinski definition) is 11. The molecule has 0 saturated carbocycles. The second kappa shape index (κ2) is 16.5. The van der Waals surface area contributed by atoms with Crippen LogP contribution in [0.25, 0.3) is 11.2 Å². The Morgan fingerprint density at radius 2 is 1.41 bits per heavy atom. The third kappa shape index (κ3) is 7.27. The van der Waals surface area contributed by atoms with Crippen LogP contribution in [0.1, 0.15) is 33.3 Å². The van der Waals surface area contributed by atoms with E-state index in [2.05, 4.69) is 20.3 Å². The molecule has 0 radical (unpaired) electrons. The maximum Gasteiger partial charge on any atom is 0.256 e. The van der Waals surface area contributed by atoms with Gasteiger partial charge < -0.3 is 38.8 Å². The third-order valence-electron chi connectivity index (χ3n) is 9.45. The van der Waals surface area contributed by atoms with Crippen LogP contribution >= 0.6 is 0 Å². The van der Waals surface area contributed by atoms with E-state index in [0.717, 1.165) is 16.7 Å². The molecule has 2 N–H and O–H groups in total. The Balaban J connectivity index is 1.24. The van der Waals surface area contributed by atoms with Crippen molar-refractivity contribution in [3.63, 3.8) is 0 Å². The predicted molar refractivity (Wildman–Crippen MR) is 200 cm³/mol.